The van der Waals surface area contributed by atoms with Gasteiger partial charge in [-0.15, -0.1) is 0 Å². The average molecular weight is 645 g/mol. The maximum Gasteiger partial charge on any atom is 0.264 e. The van der Waals surface area contributed by atoms with E-state index < -0.39 is 40.0 Å². The van der Waals surface area contributed by atoms with Crippen LogP contribution < -0.4 is 9.62 Å². The highest BCUT2D eigenvalue weighted by molar-refractivity contribution is 7.92. The zero-order valence-electron chi connectivity index (χ0n) is 22.3. The van der Waals surface area contributed by atoms with Crippen LogP contribution in [0.2, 0.25) is 20.1 Å². The van der Waals surface area contributed by atoms with Crippen LogP contribution in [0.5, 0.6) is 0 Å². The Morgan fingerprint density at radius 1 is 0.850 bits per heavy atom. The summed E-state index contributed by atoms with van der Waals surface area (Å²) in [5.41, 5.74) is 0.171. The fourth-order valence-corrected chi connectivity index (χ4v) is 5.82. The molecule has 0 saturated carbocycles. The smallest absolute Gasteiger partial charge is 0.264 e. The first-order valence-corrected chi connectivity index (χ1v) is 15.1. The van der Waals surface area contributed by atoms with E-state index in [9.17, 15) is 18.0 Å². The minimum atomic E-state index is -4.23. The van der Waals surface area contributed by atoms with Crippen LogP contribution in [0, 0.1) is 0 Å². The lowest BCUT2D eigenvalue weighted by Gasteiger charge is -2.33. The zero-order chi connectivity index (χ0) is 29.8. The highest BCUT2D eigenvalue weighted by Crippen LogP contribution is 2.31. The Balaban J connectivity index is 2.06. The van der Waals surface area contributed by atoms with Gasteiger partial charge in [-0.1, -0.05) is 70.7 Å². The van der Waals surface area contributed by atoms with Gasteiger partial charge in [-0.3, -0.25) is 13.9 Å². The van der Waals surface area contributed by atoms with Gasteiger partial charge in [-0.25, -0.2) is 8.42 Å². The minimum absolute atomic E-state index is 0.0246. The molecule has 214 valence electrons. The minimum Gasteiger partial charge on any atom is -0.350 e. The van der Waals surface area contributed by atoms with Crippen LogP contribution in [0.25, 0.3) is 0 Å². The number of benzene rings is 3. The van der Waals surface area contributed by atoms with Crippen LogP contribution in [0.15, 0.2) is 71.6 Å². The van der Waals surface area contributed by atoms with Crippen molar-refractivity contribution in [3.63, 3.8) is 0 Å². The number of carbonyl (C=O) groups excluding carboxylic acids is 2. The quantitative estimate of drug-likeness (QED) is 0.277. The topological polar surface area (TPSA) is 86.8 Å². The van der Waals surface area contributed by atoms with Crippen molar-refractivity contribution in [3.05, 3.63) is 92.4 Å². The lowest BCUT2D eigenvalue weighted by Crippen LogP contribution is -2.54. The second-order valence-electron chi connectivity index (χ2n) is 10.1. The van der Waals surface area contributed by atoms with Crippen molar-refractivity contribution in [2.75, 3.05) is 10.8 Å². The van der Waals surface area contributed by atoms with Gasteiger partial charge < -0.3 is 10.2 Å². The largest absolute Gasteiger partial charge is 0.350 e. The first-order chi connectivity index (χ1) is 18.6. The monoisotopic (exact) mass is 643 g/mol. The van der Waals surface area contributed by atoms with Crippen LogP contribution in [0.4, 0.5) is 5.69 Å². The van der Waals surface area contributed by atoms with Crippen LogP contribution in [-0.2, 0) is 26.2 Å². The summed E-state index contributed by atoms with van der Waals surface area (Å²) in [4.78, 5) is 28.4. The van der Waals surface area contributed by atoms with Gasteiger partial charge in [0.25, 0.3) is 10.0 Å². The molecule has 3 rings (SSSR count). The number of carbonyl (C=O) groups is 2. The van der Waals surface area contributed by atoms with Gasteiger partial charge in [0.15, 0.2) is 0 Å². The molecule has 12 heteroatoms. The van der Waals surface area contributed by atoms with Crippen molar-refractivity contribution >= 4 is 73.9 Å². The number of hydrogen-bond acceptors (Lipinski definition) is 4. The third kappa shape index (κ3) is 8.04. The number of rotatable bonds is 9. The van der Waals surface area contributed by atoms with Gasteiger partial charge in [0.1, 0.15) is 12.6 Å². The summed E-state index contributed by atoms with van der Waals surface area (Å²) in [5, 5.41) is 3.83. The summed E-state index contributed by atoms with van der Waals surface area (Å²) in [5.74, 6) is -1.04. The Morgan fingerprint density at radius 2 is 1.43 bits per heavy atom. The van der Waals surface area contributed by atoms with E-state index in [4.69, 9.17) is 46.4 Å². The van der Waals surface area contributed by atoms with Gasteiger partial charge in [0.2, 0.25) is 11.8 Å². The maximum absolute atomic E-state index is 13.9. The van der Waals surface area contributed by atoms with Crippen molar-refractivity contribution in [2.24, 2.45) is 0 Å². The zero-order valence-corrected chi connectivity index (χ0v) is 26.1. The summed E-state index contributed by atoms with van der Waals surface area (Å²) in [6.45, 7) is 6.38. The predicted octanol–water partition coefficient (Wildman–Crippen LogP) is 6.83. The van der Waals surface area contributed by atoms with Gasteiger partial charge in [0, 0.05) is 12.1 Å². The van der Waals surface area contributed by atoms with Gasteiger partial charge >= 0.3 is 0 Å². The third-order valence-corrected chi connectivity index (χ3v) is 9.07. The van der Waals surface area contributed by atoms with Crippen LogP contribution >= 0.6 is 46.4 Å². The number of sulfonamides is 1. The molecule has 0 aliphatic carbocycles. The van der Waals surface area contributed by atoms with Crippen LogP contribution in [0.3, 0.4) is 0 Å². The summed E-state index contributed by atoms with van der Waals surface area (Å²) in [6, 6.07) is 15.9. The molecule has 7 nitrogen and oxygen atoms in total. The number of anilines is 1. The molecule has 0 unspecified atom stereocenters. The molecular weight excluding hydrogens is 616 g/mol. The summed E-state index contributed by atoms with van der Waals surface area (Å²) >= 11 is 24.6. The fraction of sp³-hybridized carbons (Fsp3) is 0.286. The standard InChI is InChI=1S/C28H29Cl4N3O4S/c1-18(27(37)33-28(2,3)4)34(16-19-10-12-22(29)24(31)14-19)26(36)17-35(20-11-13-23(30)25(32)15-20)40(38,39)21-8-6-5-7-9-21/h5-15,18H,16-17H2,1-4H3,(H,33,37)/t18-/m1/s1. The molecule has 0 aliphatic rings. The van der Waals surface area contributed by atoms with E-state index in [0.717, 1.165) is 4.31 Å². The Labute approximate surface area is 255 Å². The summed E-state index contributed by atoms with van der Waals surface area (Å²) in [7, 11) is -4.23. The highest BCUT2D eigenvalue weighted by Gasteiger charge is 2.33. The first kappa shape index (κ1) is 32.0. The molecule has 3 aromatic rings. The van der Waals surface area contributed by atoms with E-state index in [1.54, 1.807) is 43.3 Å². The predicted molar refractivity (Wildman–Crippen MR) is 162 cm³/mol. The number of nitrogens with zero attached hydrogens (tertiary/aromatic N) is 2. The Hall–Kier alpha value is -2.49. The second-order valence-corrected chi connectivity index (χ2v) is 13.6. The molecular formula is C28H29Cl4N3O4S. The molecule has 3 aromatic carbocycles. The number of nitrogens with one attached hydrogen (secondary N) is 1. The lowest BCUT2D eigenvalue weighted by molar-refractivity contribution is -0.140. The number of hydrogen-bond donors (Lipinski definition) is 1. The SMILES string of the molecule is C[C@H](C(=O)NC(C)(C)C)N(Cc1ccc(Cl)c(Cl)c1)C(=O)CN(c1ccc(Cl)c(Cl)c1)S(=O)(=O)c1ccccc1. The molecule has 0 fully saturated rings. The van der Waals surface area contributed by atoms with E-state index >= 15 is 0 Å². The Bertz CT molecular complexity index is 1500. The summed E-state index contributed by atoms with van der Waals surface area (Å²) < 4.78 is 28.5. The van der Waals surface area contributed by atoms with E-state index in [2.05, 4.69) is 5.32 Å². The lowest BCUT2D eigenvalue weighted by atomic mass is 10.1. The van der Waals surface area contributed by atoms with Crippen LogP contribution in [-0.4, -0.2) is 43.3 Å². The second kappa shape index (κ2) is 13.0. The maximum atomic E-state index is 13.9. The number of amides is 2. The average Bonchev–Trinajstić information content (AvgIpc) is 2.88. The Kier molecular flexibility index (Phi) is 10.4. The highest BCUT2D eigenvalue weighted by atomic mass is 35.5. The first-order valence-electron chi connectivity index (χ1n) is 12.2. The molecule has 0 bridgehead atoms. The van der Waals surface area contributed by atoms with E-state index in [1.165, 1.54) is 35.2 Å². The van der Waals surface area contributed by atoms with E-state index in [0.29, 0.717) is 10.6 Å². The molecule has 2 amide bonds. The molecule has 0 heterocycles. The molecule has 0 radical (unpaired) electrons. The van der Waals surface area contributed by atoms with E-state index in [1.807, 2.05) is 20.8 Å². The molecule has 0 spiro atoms. The normalized spacial score (nSPS) is 12.5. The van der Waals surface area contributed by atoms with Gasteiger partial charge in [0.05, 0.1) is 30.7 Å². The van der Waals surface area contributed by atoms with Gasteiger partial charge in [-0.2, -0.15) is 0 Å². The molecule has 1 N–H and O–H groups in total. The molecule has 40 heavy (non-hydrogen) atoms. The van der Waals surface area contributed by atoms with Crippen molar-refractivity contribution < 1.29 is 18.0 Å². The molecule has 1 atom stereocenters. The van der Waals surface area contributed by atoms with Gasteiger partial charge in [-0.05, 0) is 75.7 Å². The van der Waals surface area contributed by atoms with E-state index in [-0.39, 0.29) is 32.2 Å². The van der Waals surface area contributed by atoms with Crippen molar-refractivity contribution in [1.82, 2.24) is 10.2 Å². The summed E-state index contributed by atoms with van der Waals surface area (Å²) in [6.07, 6.45) is 0. The molecule has 0 aromatic heterocycles. The number of halogens is 4. The van der Waals surface area contributed by atoms with Crippen molar-refractivity contribution in [3.8, 4) is 0 Å². The van der Waals surface area contributed by atoms with Crippen molar-refractivity contribution in [2.45, 2.75) is 50.7 Å². The van der Waals surface area contributed by atoms with Crippen LogP contribution in [0.1, 0.15) is 33.3 Å². The fourth-order valence-electron chi connectivity index (χ4n) is 3.78. The van der Waals surface area contributed by atoms with Crippen molar-refractivity contribution in [1.29, 1.82) is 0 Å². The third-order valence-electron chi connectivity index (χ3n) is 5.80. The molecule has 0 aliphatic heterocycles. The molecule has 0 saturated heterocycles. The Morgan fingerprint density at radius 3 is 1.98 bits per heavy atom.